The van der Waals surface area contributed by atoms with Crippen LogP contribution in [0, 0.1) is 3.57 Å². The number of thiocarbonyl (C=S) groups is 1. The Morgan fingerprint density at radius 2 is 2.00 bits per heavy atom. The minimum absolute atomic E-state index is 0.0553. The van der Waals surface area contributed by atoms with Crippen LogP contribution in [0.1, 0.15) is 5.56 Å². The van der Waals surface area contributed by atoms with Gasteiger partial charge in [0.25, 0.3) is 11.8 Å². The number of amides is 2. The Hall–Kier alpha value is -1.01. The number of hydrogen-bond donors (Lipinski definition) is 1. The maximum Gasteiger partial charge on any atom is 0.266 e. The number of benzene rings is 1. The fourth-order valence-electron chi connectivity index (χ4n) is 2.64. The molecule has 0 aliphatic carbocycles. The number of piperazine rings is 1. The Balaban J connectivity index is 1.62. The van der Waals surface area contributed by atoms with Crippen LogP contribution in [-0.4, -0.2) is 70.7 Å². The van der Waals surface area contributed by atoms with Crippen LogP contribution in [0.15, 0.2) is 29.2 Å². The van der Waals surface area contributed by atoms with E-state index in [0.717, 1.165) is 35.3 Å². The normalized spacial score (nSPS) is 20.8. The molecule has 1 aromatic rings. The van der Waals surface area contributed by atoms with Crippen molar-refractivity contribution in [2.75, 3.05) is 39.8 Å². The smallest absolute Gasteiger partial charge is 0.266 e. The lowest BCUT2D eigenvalue weighted by atomic mass is 10.2. The number of nitrogens with one attached hydrogen (secondary N) is 1. The summed E-state index contributed by atoms with van der Waals surface area (Å²) in [7, 11) is 2.06. The molecule has 0 atom stereocenters. The maximum absolute atomic E-state index is 12.6. The minimum atomic E-state index is -0.221. The Morgan fingerprint density at radius 3 is 2.69 bits per heavy atom. The van der Waals surface area contributed by atoms with Crippen LogP contribution in [0.4, 0.5) is 0 Å². The number of thioether (sulfide) groups is 1. The average molecular weight is 502 g/mol. The number of nitrogens with zero attached hydrogens (tertiary/aromatic N) is 3. The van der Waals surface area contributed by atoms with Gasteiger partial charge in [0.2, 0.25) is 0 Å². The molecule has 26 heavy (non-hydrogen) atoms. The summed E-state index contributed by atoms with van der Waals surface area (Å²) in [5, 5.41) is 1.89. The molecule has 138 valence electrons. The standard InChI is InChI=1S/C17H19IN4O2S2/c1-20-6-8-21(9-7-20)19-15(23)11-22-16(24)14(26-17(22)25)10-12-4-2-3-5-13(12)18/h2-5,10H,6-9,11H2,1H3,(H,19,23)/b14-10-. The molecule has 6 nitrogen and oxygen atoms in total. The van der Waals surface area contributed by atoms with Gasteiger partial charge >= 0.3 is 0 Å². The largest absolute Gasteiger partial charge is 0.304 e. The monoisotopic (exact) mass is 502 g/mol. The molecule has 2 aliphatic heterocycles. The highest BCUT2D eigenvalue weighted by Crippen LogP contribution is 2.33. The van der Waals surface area contributed by atoms with Gasteiger partial charge in [0.05, 0.1) is 4.91 Å². The van der Waals surface area contributed by atoms with Crippen molar-refractivity contribution in [2.24, 2.45) is 0 Å². The van der Waals surface area contributed by atoms with Crippen LogP contribution >= 0.6 is 46.6 Å². The third-order valence-electron chi connectivity index (χ3n) is 4.15. The number of halogens is 1. The number of rotatable bonds is 4. The van der Waals surface area contributed by atoms with E-state index < -0.39 is 0 Å². The van der Waals surface area contributed by atoms with Gasteiger partial charge in [-0.1, -0.05) is 42.2 Å². The molecule has 3 rings (SSSR count). The van der Waals surface area contributed by atoms with Gasteiger partial charge in [0, 0.05) is 29.7 Å². The second-order valence-electron chi connectivity index (χ2n) is 6.11. The third-order valence-corrected chi connectivity index (χ3v) is 6.51. The first-order chi connectivity index (χ1) is 12.4. The number of carbonyl (C=O) groups is 2. The molecule has 0 bridgehead atoms. The van der Waals surface area contributed by atoms with E-state index >= 15 is 0 Å². The maximum atomic E-state index is 12.6. The summed E-state index contributed by atoms with van der Waals surface area (Å²) in [6.45, 7) is 3.29. The van der Waals surface area contributed by atoms with Crippen molar-refractivity contribution < 1.29 is 9.59 Å². The molecular formula is C17H19IN4O2S2. The van der Waals surface area contributed by atoms with E-state index in [4.69, 9.17) is 12.2 Å². The van der Waals surface area contributed by atoms with E-state index in [2.05, 4.69) is 40.0 Å². The third kappa shape index (κ3) is 4.83. The van der Waals surface area contributed by atoms with Crippen molar-refractivity contribution in [3.63, 3.8) is 0 Å². The summed E-state index contributed by atoms with van der Waals surface area (Å²) < 4.78 is 1.48. The zero-order valence-electron chi connectivity index (χ0n) is 14.3. The number of hydrogen-bond acceptors (Lipinski definition) is 6. The Morgan fingerprint density at radius 1 is 1.31 bits per heavy atom. The minimum Gasteiger partial charge on any atom is -0.304 e. The van der Waals surface area contributed by atoms with Crippen LogP contribution in [-0.2, 0) is 9.59 Å². The van der Waals surface area contributed by atoms with Gasteiger partial charge in [0.1, 0.15) is 10.9 Å². The first-order valence-corrected chi connectivity index (χ1v) is 10.5. The van der Waals surface area contributed by atoms with Crippen molar-refractivity contribution in [3.8, 4) is 0 Å². The van der Waals surface area contributed by atoms with Gasteiger partial charge in [0.15, 0.2) is 0 Å². The van der Waals surface area contributed by atoms with E-state index in [1.165, 1.54) is 16.7 Å². The van der Waals surface area contributed by atoms with Gasteiger partial charge in [-0.2, -0.15) is 0 Å². The van der Waals surface area contributed by atoms with Crippen LogP contribution < -0.4 is 5.43 Å². The lowest BCUT2D eigenvalue weighted by Gasteiger charge is -2.32. The molecule has 0 saturated carbocycles. The molecule has 0 radical (unpaired) electrons. The van der Waals surface area contributed by atoms with Crippen LogP contribution in [0.5, 0.6) is 0 Å². The molecule has 0 unspecified atom stereocenters. The summed E-state index contributed by atoms with van der Waals surface area (Å²) in [4.78, 5) is 29.1. The Kier molecular flexibility index (Phi) is 6.67. The molecule has 0 spiro atoms. The van der Waals surface area contributed by atoms with Crippen molar-refractivity contribution in [3.05, 3.63) is 38.3 Å². The predicted molar refractivity (Wildman–Crippen MR) is 116 cm³/mol. The summed E-state index contributed by atoms with van der Waals surface area (Å²) in [5.41, 5.74) is 3.83. The van der Waals surface area contributed by atoms with E-state index in [1.807, 2.05) is 35.4 Å². The zero-order valence-corrected chi connectivity index (χ0v) is 18.1. The summed E-state index contributed by atoms with van der Waals surface area (Å²) in [6, 6.07) is 7.82. The van der Waals surface area contributed by atoms with Gasteiger partial charge in [-0.15, -0.1) is 0 Å². The Bertz CT molecular complexity index is 763. The number of likely N-dealkylation sites (N-methyl/N-ethyl adjacent to an activating group) is 1. The zero-order chi connectivity index (χ0) is 18.7. The second-order valence-corrected chi connectivity index (χ2v) is 8.95. The van der Waals surface area contributed by atoms with Crippen molar-refractivity contribution in [1.82, 2.24) is 20.2 Å². The van der Waals surface area contributed by atoms with E-state index in [9.17, 15) is 9.59 Å². The summed E-state index contributed by atoms with van der Waals surface area (Å²) in [5.74, 6) is -0.436. The first kappa shape index (κ1) is 19.7. The number of hydrazine groups is 1. The van der Waals surface area contributed by atoms with Crippen molar-refractivity contribution >= 4 is 68.8 Å². The molecular weight excluding hydrogens is 483 g/mol. The molecule has 2 heterocycles. The highest BCUT2D eigenvalue weighted by Gasteiger charge is 2.33. The molecule has 2 aliphatic rings. The number of carbonyl (C=O) groups excluding carboxylic acids is 2. The molecule has 2 amide bonds. The van der Waals surface area contributed by atoms with Crippen LogP contribution in [0.25, 0.3) is 6.08 Å². The SMILES string of the molecule is CN1CCN(NC(=O)CN2C(=O)/C(=C/c3ccccc3I)SC2=S)CC1. The van der Waals surface area contributed by atoms with Crippen LogP contribution in [0.2, 0.25) is 0 Å². The molecule has 2 saturated heterocycles. The molecule has 2 fully saturated rings. The van der Waals surface area contributed by atoms with Gasteiger partial charge in [-0.05, 0) is 47.3 Å². The van der Waals surface area contributed by atoms with Gasteiger partial charge < -0.3 is 4.90 Å². The van der Waals surface area contributed by atoms with Crippen molar-refractivity contribution in [1.29, 1.82) is 0 Å². The highest BCUT2D eigenvalue weighted by molar-refractivity contribution is 14.1. The predicted octanol–water partition coefficient (Wildman–Crippen LogP) is 1.77. The average Bonchev–Trinajstić information content (AvgIpc) is 2.86. The van der Waals surface area contributed by atoms with Crippen molar-refractivity contribution in [2.45, 2.75) is 0 Å². The first-order valence-electron chi connectivity index (χ1n) is 8.17. The lowest BCUT2D eigenvalue weighted by Crippen LogP contribution is -2.54. The fraction of sp³-hybridized carbons (Fsp3) is 0.353. The van der Waals surface area contributed by atoms with E-state index in [-0.39, 0.29) is 18.4 Å². The van der Waals surface area contributed by atoms with Crippen LogP contribution in [0.3, 0.4) is 0 Å². The van der Waals surface area contributed by atoms with Gasteiger partial charge in [-0.25, -0.2) is 5.01 Å². The van der Waals surface area contributed by atoms with E-state index in [0.29, 0.717) is 9.23 Å². The van der Waals surface area contributed by atoms with Gasteiger partial charge in [-0.3, -0.25) is 19.9 Å². The summed E-state index contributed by atoms with van der Waals surface area (Å²) in [6.07, 6.45) is 1.83. The highest BCUT2D eigenvalue weighted by atomic mass is 127. The van der Waals surface area contributed by atoms with E-state index in [1.54, 1.807) is 0 Å². The molecule has 0 aromatic heterocycles. The summed E-state index contributed by atoms with van der Waals surface area (Å²) >= 11 is 8.78. The Labute approximate surface area is 176 Å². The lowest BCUT2D eigenvalue weighted by molar-refractivity contribution is -0.132. The molecule has 1 N–H and O–H groups in total. The topological polar surface area (TPSA) is 55.9 Å². The fourth-order valence-corrected chi connectivity index (χ4v) is 4.43. The quantitative estimate of drug-likeness (QED) is 0.385. The molecule has 1 aromatic carbocycles. The second kappa shape index (κ2) is 8.79. The molecule has 9 heteroatoms.